The lowest BCUT2D eigenvalue weighted by atomic mass is 9.49. The van der Waals surface area contributed by atoms with Crippen LogP contribution in [0.1, 0.15) is 72.3 Å². The Balaban J connectivity index is 1.02. The van der Waals surface area contributed by atoms with Crippen molar-refractivity contribution >= 4 is 17.5 Å². The topological polar surface area (TPSA) is 79.2 Å². The molecule has 0 spiro atoms. The van der Waals surface area contributed by atoms with Crippen LogP contribution in [0.3, 0.4) is 0 Å². The first-order chi connectivity index (χ1) is 18.1. The van der Waals surface area contributed by atoms with Crippen molar-refractivity contribution in [2.24, 2.45) is 23.2 Å². The van der Waals surface area contributed by atoms with Gasteiger partial charge in [-0.05, 0) is 86.7 Å². The van der Waals surface area contributed by atoms with Crippen molar-refractivity contribution in [3.8, 4) is 0 Å². The number of morpholine rings is 1. The van der Waals surface area contributed by atoms with E-state index in [0.29, 0.717) is 28.5 Å². The Bertz CT molecular complexity index is 1140. The van der Waals surface area contributed by atoms with Crippen molar-refractivity contribution in [3.05, 3.63) is 35.8 Å². The Morgan fingerprint density at radius 3 is 2.32 bits per heavy atom. The highest BCUT2D eigenvalue weighted by atomic mass is 16.5. The number of likely N-dealkylation sites (tertiary alicyclic amines) is 1. The van der Waals surface area contributed by atoms with Gasteiger partial charge >= 0.3 is 0 Å². The molecule has 2 aliphatic heterocycles. The number of amides is 2. The van der Waals surface area contributed by atoms with E-state index in [4.69, 9.17) is 4.74 Å². The number of ether oxygens (including phenoxy) is 1. The molecule has 8 heteroatoms. The molecule has 2 amide bonds. The number of carbonyl (C=O) groups is 2. The number of nitrogens with one attached hydrogen (secondary N) is 1. The standard InChI is InChI=1S/C29H39N5O3/c35-27(30-19-29-15-20-12-21(16-29)14-22(13-20)17-29)25-2-1-3-26-31-24(18-34(25)26)28(36)33-6-4-23(5-7-33)32-8-10-37-11-9-32/h1-3,18,20-23H,4-17,19H2,(H,30,35). The Morgan fingerprint density at radius 2 is 1.65 bits per heavy atom. The smallest absolute Gasteiger partial charge is 0.274 e. The lowest BCUT2D eigenvalue weighted by Crippen LogP contribution is -2.51. The fourth-order valence-corrected chi connectivity index (χ4v) is 8.70. The Labute approximate surface area is 218 Å². The molecule has 2 aromatic rings. The fourth-order valence-electron chi connectivity index (χ4n) is 8.70. The molecule has 198 valence electrons. The minimum Gasteiger partial charge on any atom is -0.379 e. The average molecular weight is 506 g/mol. The molecular formula is C29H39N5O3. The second-order valence-corrected chi connectivity index (χ2v) is 12.5. The number of piperidine rings is 1. The van der Waals surface area contributed by atoms with Crippen LogP contribution in [0.25, 0.3) is 5.65 Å². The van der Waals surface area contributed by atoms with Gasteiger partial charge in [-0.1, -0.05) is 6.07 Å². The molecule has 0 unspecified atom stereocenters. The van der Waals surface area contributed by atoms with Crippen molar-refractivity contribution in [2.45, 2.75) is 57.4 Å². The van der Waals surface area contributed by atoms with Crippen LogP contribution in [-0.4, -0.2) is 83.0 Å². The van der Waals surface area contributed by atoms with Gasteiger partial charge in [0.15, 0.2) is 0 Å². The van der Waals surface area contributed by atoms with Crippen LogP contribution < -0.4 is 5.32 Å². The van der Waals surface area contributed by atoms with Gasteiger partial charge in [0.05, 0.1) is 13.2 Å². The molecule has 8 rings (SSSR count). The minimum atomic E-state index is -0.0657. The van der Waals surface area contributed by atoms with Crippen LogP contribution in [0.4, 0.5) is 0 Å². The van der Waals surface area contributed by atoms with Gasteiger partial charge in [-0.15, -0.1) is 0 Å². The summed E-state index contributed by atoms with van der Waals surface area (Å²) in [7, 11) is 0. The zero-order chi connectivity index (χ0) is 25.0. The van der Waals surface area contributed by atoms with E-state index in [1.807, 2.05) is 23.1 Å². The molecule has 0 atom stereocenters. The summed E-state index contributed by atoms with van der Waals surface area (Å²) in [6.07, 6.45) is 11.8. The van der Waals surface area contributed by atoms with Gasteiger partial charge in [0.2, 0.25) is 0 Å². The largest absolute Gasteiger partial charge is 0.379 e. The summed E-state index contributed by atoms with van der Waals surface area (Å²) in [5, 5.41) is 3.29. The summed E-state index contributed by atoms with van der Waals surface area (Å²) in [6.45, 7) is 5.83. The predicted molar refractivity (Wildman–Crippen MR) is 139 cm³/mol. The first-order valence-corrected chi connectivity index (χ1v) is 14.4. The van der Waals surface area contributed by atoms with Gasteiger partial charge < -0.3 is 15.0 Å². The van der Waals surface area contributed by atoms with E-state index in [0.717, 1.165) is 76.5 Å². The third-order valence-electron chi connectivity index (χ3n) is 10.0. The van der Waals surface area contributed by atoms with Crippen LogP contribution in [0, 0.1) is 23.2 Å². The number of hydrogen-bond acceptors (Lipinski definition) is 5. The summed E-state index contributed by atoms with van der Waals surface area (Å²) in [5.74, 6) is 2.50. The highest BCUT2D eigenvalue weighted by Crippen LogP contribution is 2.59. The number of rotatable bonds is 5. The molecule has 0 aromatic carbocycles. The Morgan fingerprint density at radius 1 is 0.973 bits per heavy atom. The molecule has 2 saturated heterocycles. The number of hydrogen-bond donors (Lipinski definition) is 1. The zero-order valence-electron chi connectivity index (χ0n) is 21.7. The van der Waals surface area contributed by atoms with Crippen LogP contribution in [-0.2, 0) is 4.74 Å². The third-order valence-corrected chi connectivity index (χ3v) is 10.0. The van der Waals surface area contributed by atoms with E-state index in [-0.39, 0.29) is 11.8 Å². The number of pyridine rings is 1. The number of nitrogens with zero attached hydrogens (tertiary/aromatic N) is 4. The molecule has 2 aromatic heterocycles. The molecule has 6 aliphatic rings. The highest BCUT2D eigenvalue weighted by Gasteiger charge is 2.50. The second kappa shape index (κ2) is 9.38. The van der Waals surface area contributed by atoms with Gasteiger partial charge in [0, 0.05) is 45.0 Å². The Kier molecular flexibility index (Phi) is 6.00. The average Bonchev–Trinajstić information content (AvgIpc) is 3.36. The molecule has 4 heterocycles. The molecule has 4 saturated carbocycles. The van der Waals surface area contributed by atoms with Crippen molar-refractivity contribution in [1.82, 2.24) is 24.5 Å². The lowest BCUT2D eigenvalue weighted by molar-refractivity contribution is -0.0503. The summed E-state index contributed by atoms with van der Waals surface area (Å²) in [4.78, 5) is 35.7. The van der Waals surface area contributed by atoms with Gasteiger partial charge in [-0.2, -0.15) is 0 Å². The molecule has 4 bridgehead atoms. The first kappa shape index (κ1) is 23.7. The molecule has 37 heavy (non-hydrogen) atoms. The minimum absolute atomic E-state index is 0.0379. The molecule has 1 N–H and O–H groups in total. The van der Waals surface area contributed by atoms with Crippen molar-refractivity contribution in [1.29, 1.82) is 0 Å². The van der Waals surface area contributed by atoms with Crippen LogP contribution in [0.2, 0.25) is 0 Å². The van der Waals surface area contributed by atoms with E-state index >= 15 is 0 Å². The summed E-state index contributed by atoms with van der Waals surface area (Å²) < 4.78 is 7.28. The summed E-state index contributed by atoms with van der Waals surface area (Å²) in [6, 6.07) is 6.10. The highest BCUT2D eigenvalue weighted by molar-refractivity contribution is 5.95. The number of fused-ring (bicyclic) bond motifs is 1. The fraction of sp³-hybridized carbons (Fsp3) is 0.690. The summed E-state index contributed by atoms with van der Waals surface area (Å²) >= 11 is 0. The molecule has 0 radical (unpaired) electrons. The lowest BCUT2D eigenvalue weighted by Gasteiger charge is -2.56. The van der Waals surface area contributed by atoms with E-state index in [1.54, 1.807) is 10.6 Å². The number of aromatic nitrogens is 2. The quantitative estimate of drug-likeness (QED) is 0.675. The van der Waals surface area contributed by atoms with Gasteiger partial charge in [-0.3, -0.25) is 18.9 Å². The van der Waals surface area contributed by atoms with E-state index in [2.05, 4.69) is 15.2 Å². The number of carbonyl (C=O) groups excluding carboxylic acids is 2. The normalized spacial score (nSPS) is 32.2. The van der Waals surface area contributed by atoms with Crippen LogP contribution >= 0.6 is 0 Å². The van der Waals surface area contributed by atoms with E-state index < -0.39 is 0 Å². The Hall–Kier alpha value is -2.45. The third kappa shape index (κ3) is 4.46. The SMILES string of the molecule is O=C(NCC12CC3CC(CC(C3)C1)C2)c1cccc2nc(C(=O)N3CCC(N4CCOCC4)CC3)cn12. The van der Waals surface area contributed by atoms with Crippen LogP contribution in [0.15, 0.2) is 24.4 Å². The maximum atomic E-state index is 13.4. The van der Waals surface area contributed by atoms with E-state index in [9.17, 15) is 9.59 Å². The van der Waals surface area contributed by atoms with Crippen molar-refractivity contribution < 1.29 is 14.3 Å². The predicted octanol–water partition coefficient (Wildman–Crippen LogP) is 3.22. The molecule has 6 fully saturated rings. The van der Waals surface area contributed by atoms with Gasteiger partial charge in [-0.25, -0.2) is 4.98 Å². The molecule has 4 aliphatic carbocycles. The second-order valence-electron chi connectivity index (χ2n) is 12.5. The van der Waals surface area contributed by atoms with Gasteiger partial charge in [0.1, 0.15) is 17.0 Å². The number of imidazole rings is 1. The van der Waals surface area contributed by atoms with Gasteiger partial charge in [0.25, 0.3) is 11.8 Å². The summed E-state index contributed by atoms with van der Waals surface area (Å²) in [5.41, 5.74) is 1.92. The molecular weight excluding hydrogens is 466 g/mol. The van der Waals surface area contributed by atoms with Crippen LogP contribution in [0.5, 0.6) is 0 Å². The zero-order valence-corrected chi connectivity index (χ0v) is 21.7. The van der Waals surface area contributed by atoms with E-state index in [1.165, 1.54) is 38.5 Å². The monoisotopic (exact) mass is 505 g/mol. The maximum absolute atomic E-state index is 13.4. The first-order valence-electron chi connectivity index (χ1n) is 14.4. The van der Waals surface area contributed by atoms with Crippen molar-refractivity contribution in [2.75, 3.05) is 45.9 Å². The molecule has 8 nitrogen and oxygen atoms in total. The maximum Gasteiger partial charge on any atom is 0.274 e. The van der Waals surface area contributed by atoms with Crippen molar-refractivity contribution in [3.63, 3.8) is 0 Å².